The van der Waals surface area contributed by atoms with Crippen molar-refractivity contribution in [3.05, 3.63) is 48.5 Å². The van der Waals surface area contributed by atoms with E-state index < -0.39 is 0 Å². The molecule has 0 saturated carbocycles. The molecule has 0 unspecified atom stereocenters. The Morgan fingerprint density at radius 2 is 2.00 bits per heavy atom. The molecule has 2 rings (SSSR count). The number of hydrogen-bond donors (Lipinski definition) is 1. The van der Waals surface area contributed by atoms with Gasteiger partial charge in [-0.1, -0.05) is 12.2 Å². The van der Waals surface area contributed by atoms with E-state index in [1.165, 1.54) is 0 Å². The van der Waals surface area contributed by atoms with E-state index in [-0.39, 0.29) is 4.99 Å². The lowest BCUT2D eigenvalue weighted by atomic mass is 10.3. The number of nitrogens with two attached hydrogens (primary N) is 1. The van der Waals surface area contributed by atoms with Gasteiger partial charge in [0.1, 0.15) is 16.5 Å². The maximum Gasteiger partial charge on any atom is 0.145 e. The van der Waals surface area contributed by atoms with Crippen molar-refractivity contribution >= 4 is 17.2 Å². The van der Waals surface area contributed by atoms with Gasteiger partial charge in [-0.15, -0.1) is 0 Å². The lowest BCUT2D eigenvalue weighted by molar-refractivity contribution is 0.478. The molecule has 0 aliphatic heterocycles. The molecule has 0 radical (unpaired) electrons. The van der Waals surface area contributed by atoms with Gasteiger partial charge < -0.3 is 10.5 Å². The molecule has 0 fully saturated rings. The maximum atomic E-state index is 5.50. The molecule has 0 saturated heterocycles. The highest BCUT2D eigenvalue weighted by Crippen LogP contribution is 2.18. The van der Waals surface area contributed by atoms with E-state index in [1.807, 2.05) is 6.07 Å². The average molecular weight is 231 g/mol. The van der Waals surface area contributed by atoms with Crippen LogP contribution < -0.4 is 10.5 Å². The first-order chi connectivity index (χ1) is 7.75. The summed E-state index contributed by atoms with van der Waals surface area (Å²) in [6, 6.07) is 7.09. The third-order valence-corrected chi connectivity index (χ3v) is 2.07. The van der Waals surface area contributed by atoms with Gasteiger partial charge in [-0.3, -0.25) is 4.98 Å². The van der Waals surface area contributed by atoms with E-state index in [9.17, 15) is 0 Å². The lowest BCUT2D eigenvalue weighted by Crippen LogP contribution is -2.10. The molecule has 4 nitrogen and oxygen atoms in total. The second-order valence-corrected chi connectivity index (χ2v) is 3.47. The summed E-state index contributed by atoms with van der Waals surface area (Å²) in [6.07, 6.45) is 4.88. The van der Waals surface area contributed by atoms with Crippen LogP contribution in [-0.4, -0.2) is 15.0 Å². The molecule has 0 aliphatic carbocycles. The number of thiocarbonyl (C=S) groups is 1. The fraction of sp³-hybridized carbons (Fsp3) is 0. The molecule has 2 heterocycles. The smallest absolute Gasteiger partial charge is 0.145 e. The van der Waals surface area contributed by atoms with Crippen LogP contribution in [0.4, 0.5) is 0 Å². The fourth-order valence-corrected chi connectivity index (χ4v) is 1.25. The summed E-state index contributed by atoms with van der Waals surface area (Å²) in [4.78, 5) is 8.27. The standard InChI is InChI=1S/C11H9N3OS/c12-11(16)10-4-3-9(7-14-10)15-8-2-1-5-13-6-8/h1-7H,(H2,12,16). The van der Waals surface area contributed by atoms with Crippen LogP contribution >= 0.6 is 12.2 Å². The van der Waals surface area contributed by atoms with Crippen molar-refractivity contribution in [1.82, 2.24) is 9.97 Å². The van der Waals surface area contributed by atoms with Gasteiger partial charge in [0.2, 0.25) is 0 Å². The number of ether oxygens (including phenoxy) is 1. The van der Waals surface area contributed by atoms with Crippen molar-refractivity contribution in [3.8, 4) is 11.5 Å². The van der Waals surface area contributed by atoms with Crippen LogP contribution in [0.2, 0.25) is 0 Å². The summed E-state index contributed by atoms with van der Waals surface area (Å²) in [5.41, 5.74) is 6.01. The Labute approximate surface area is 98.1 Å². The Morgan fingerprint density at radius 1 is 1.19 bits per heavy atom. The predicted octanol–water partition coefficient (Wildman–Crippen LogP) is 1.90. The molecule has 5 heteroatoms. The van der Waals surface area contributed by atoms with Gasteiger partial charge in [-0.25, -0.2) is 4.98 Å². The van der Waals surface area contributed by atoms with Gasteiger partial charge in [-0.2, -0.15) is 0 Å². The molecule has 2 N–H and O–H groups in total. The van der Waals surface area contributed by atoms with Crippen molar-refractivity contribution < 1.29 is 4.74 Å². The Balaban J connectivity index is 2.14. The minimum absolute atomic E-state index is 0.271. The van der Waals surface area contributed by atoms with Gasteiger partial charge in [0.05, 0.1) is 18.1 Å². The van der Waals surface area contributed by atoms with Crippen LogP contribution in [0.15, 0.2) is 42.9 Å². The SMILES string of the molecule is NC(=S)c1ccc(Oc2cccnc2)cn1. The minimum atomic E-state index is 0.271. The molecule has 0 amide bonds. The lowest BCUT2D eigenvalue weighted by Gasteiger charge is -2.04. The van der Waals surface area contributed by atoms with Crippen molar-refractivity contribution in [2.45, 2.75) is 0 Å². The molecule has 0 spiro atoms. The number of nitrogens with zero attached hydrogens (tertiary/aromatic N) is 2. The van der Waals surface area contributed by atoms with Crippen molar-refractivity contribution in [2.24, 2.45) is 5.73 Å². The highest BCUT2D eigenvalue weighted by atomic mass is 32.1. The summed E-state index contributed by atoms with van der Waals surface area (Å²) in [7, 11) is 0. The highest BCUT2D eigenvalue weighted by Gasteiger charge is 2.00. The van der Waals surface area contributed by atoms with Crippen LogP contribution in [0.5, 0.6) is 11.5 Å². The quantitative estimate of drug-likeness (QED) is 0.817. The molecule has 16 heavy (non-hydrogen) atoms. The topological polar surface area (TPSA) is 61.0 Å². The first kappa shape index (κ1) is 10.5. The van der Waals surface area contributed by atoms with E-state index in [0.717, 1.165) is 0 Å². The van der Waals surface area contributed by atoms with Gasteiger partial charge in [-0.05, 0) is 24.3 Å². The largest absolute Gasteiger partial charge is 0.454 e. The molecular weight excluding hydrogens is 222 g/mol. The first-order valence-corrected chi connectivity index (χ1v) is 5.00. The maximum absolute atomic E-state index is 5.50. The van der Waals surface area contributed by atoms with E-state index in [1.54, 1.807) is 36.8 Å². The van der Waals surface area contributed by atoms with E-state index in [4.69, 9.17) is 22.7 Å². The molecule has 0 aliphatic rings. The third-order valence-electron chi connectivity index (χ3n) is 1.86. The van der Waals surface area contributed by atoms with Crippen LogP contribution in [0.1, 0.15) is 5.69 Å². The van der Waals surface area contributed by atoms with Crippen LogP contribution in [0, 0.1) is 0 Å². The molecule has 2 aromatic heterocycles. The number of aromatic nitrogens is 2. The zero-order valence-corrected chi connectivity index (χ0v) is 9.15. The predicted molar refractivity (Wildman–Crippen MR) is 64.4 cm³/mol. The first-order valence-electron chi connectivity index (χ1n) is 4.59. The van der Waals surface area contributed by atoms with Crippen molar-refractivity contribution in [2.75, 3.05) is 0 Å². The van der Waals surface area contributed by atoms with Crippen molar-refractivity contribution in [3.63, 3.8) is 0 Å². The van der Waals surface area contributed by atoms with E-state index in [2.05, 4.69) is 9.97 Å². The van der Waals surface area contributed by atoms with E-state index >= 15 is 0 Å². The summed E-state index contributed by atoms with van der Waals surface area (Å²) in [6.45, 7) is 0. The molecule has 0 aromatic carbocycles. The highest BCUT2D eigenvalue weighted by molar-refractivity contribution is 7.80. The van der Waals surface area contributed by atoms with Crippen LogP contribution in [0.3, 0.4) is 0 Å². The van der Waals surface area contributed by atoms with Gasteiger partial charge in [0.15, 0.2) is 0 Å². The fourth-order valence-electron chi connectivity index (χ4n) is 1.13. The molecule has 0 atom stereocenters. The van der Waals surface area contributed by atoms with Crippen molar-refractivity contribution in [1.29, 1.82) is 0 Å². The summed E-state index contributed by atoms with van der Waals surface area (Å²) in [5.74, 6) is 1.28. The zero-order chi connectivity index (χ0) is 11.4. The number of pyridine rings is 2. The summed E-state index contributed by atoms with van der Waals surface area (Å²) in [5, 5.41) is 0. The van der Waals surface area contributed by atoms with Gasteiger partial charge in [0, 0.05) is 6.20 Å². The molecular formula is C11H9N3OS. The monoisotopic (exact) mass is 231 g/mol. The van der Waals surface area contributed by atoms with Crippen LogP contribution in [-0.2, 0) is 0 Å². The molecule has 80 valence electrons. The summed E-state index contributed by atoms with van der Waals surface area (Å²) < 4.78 is 5.50. The molecule has 2 aromatic rings. The number of rotatable bonds is 3. The van der Waals surface area contributed by atoms with Crippen LogP contribution in [0.25, 0.3) is 0 Å². The second kappa shape index (κ2) is 4.67. The zero-order valence-electron chi connectivity index (χ0n) is 8.33. The minimum Gasteiger partial charge on any atom is -0.454 e. The normalized spacial score (nSPS) is 9.75. The Bertz CT molecular complexity index is 484. The summed E-state index contributed by atoms with van der Waals surface area (Å²) >= 11 is 4.80. The van der Waals surface area contributed by atoms with Gasteiger partial charge >= 0.3 is 0 Å². The average Bonchev–Trinajstić information content (AvgIpc) is 2.31. The Morgan fingerprint density at radius 3 is 2.56 bits per heavy atom. The Hall–Kier alpha value is -2.01. The Kier molecular flexibility index (Phi) is 3.07. The molecule has 0 bridgehead atoms. The number of hydrogen-bond acceptors (Lipinski definition) is 4. The third kappa shape index (κ3) is 2.52. The van der Waals surface area contributed by atoms with E-state index in [0.29, 0.717) is 17.2 Å². The van der Waals surface area contributed by atoms with Gasteiger partial charge in [0.25, 0.3) is 0 Å². The second-order valence-electron chi connectivity index (χ2n) is 3.03.